The van der Waals surface area contributed by atoms with E-state index in [2.05, 4.69) is 0 Å². The Labute approximate surface area is 107 Å². The molecule has 18 heavy (non-hydrogen) atoms. The van der Waals surface area contributed by atoms with Crippen molar-refractivity contribution in [2.24, 2.45) is 0 Å². The first kappa shape index (κ1) is 12.6. The molecular weight excluding hydrogens is 228 g/mol. The molecule has 0 aliphatic carbocycles. The predicted molar refractivity (Wildman–Crippen MR) is 71.7 cm³/mol. The number of carbonyl (C=O) groups is 1. The van der Waals surface area contributed by atoms with Crippen LogP contribution in [0.1, 0.15) is 18.4 Å². The lowest BCUT2D eigenvalue weighted by Crippen LogP contribution is -2.36. The van der Waals surface area contributed by atoms with Gasteiger partial charge >= 0.3 is 0 Å². The van der Waals surface area contributed by atoms with E-state index in [0.717, 1.165) is 24.9 Å². The Morgan fingerprint density at radius 1 is 1.44 bits per heavy atom. The second-order valence-corrected chi connectivity index (χ2v) is 4.51. The average molecular weight is 246 g/mol. The third-order valence-electron chi connectivity index (χ3n) is 3.23. The molecule has 0 spiro atoms. The van der Waals surface area contributed by atoms with Crippen molar-refractivity contribution < 1.29 is 9.90 Å². The smallest absolute Gasteiger partial charge is 0.246 e. The Morgan fingerprint density at radius 3 is 2.83 bits per heavy atom. The molecule has 2 rings (SSSR count). The molecular formula is C14H18N2O2. The molecule has 4 heteroatoms. The van der Waals surface area contributed by atoms with Crippen molar-refractivity contribution in [3.05, 3.63) is 35.9 Å². The van der Waals surface area contributed by atoms with Gasteiger partial charge in [0.2, 0.25) is 5.91 Å². The number of benzene rings is 1. The number of nitrogens with two attached hydrogens (primary N) is 1. The summed E-state index contributed by atoms with van der Waals surface area (Å²) in [5, 5.41) is 9.17. The number of carbonyl (C=O) groups excluding carboxylic acids is 1. The fourth-order valence-corrected chi connectivity index (χ4v) is 2.19. The fourth-order valence-electron chi connectivity index (χ4n) is 2.19. The van der Waals surface area contributed by atoms with Gasteiger partial charge in [0.05, 0.1) is 12.6 Å². The Bertz CT molecular complexity index is 440. The molecule has 96 valence electrons. The molecule has 4 nitrogen and oxygen atoms in total. The molecule has 0 radical (unpaired) electrons. The van der Waals surface area contributed by atoms with Gasteiger partial charge in [-0.2, -0.15) is 0 Å². The van der Waals surface area contributed by atoms with E-state index in [-0.39, 0.29) is 18.6 Å². The van der Waals surface area contributed by atoms with E-state index < -0.39 is 0 Å². The van der Waals surface area contributed by atoms with Crippen LogP contribution in [0.15, 0.2) is 30.3 Å². The Morgan fingerprint density at radius 2 is 2.17 bits per heavy atom. The van der Waals surface area contributed by atoms with Crippen LogP contribution >= 0.6 is 0 Å². The molecule has 1 atom stereocenters. The zero-order valence-corrected chi connectivity index (χ0v) is 10.2. The highest BCUT2D eigenvalue weighted by atomic mass is 16.3. The zero-order chi connectivity index (χ0) is 13.0. The summed E-state index contributed by atoms with van der Waals surface area (Å²) >= 11 is 0. The summed E-state index contributed by atoms with van der Waals surface area (Å²) in [4.78, 5) is 13.7. The topological polar surface area (TPSA) is 66.6 Å². The van der Waals surface area contributed by atoms with Crippen LogP contribution in [0.2, 0.25) is 0 Å². The van der Waals surface area contributed by atoms with Crippen LogP contribution in [0.3, 0.4) is 0 Å². The van der Waals surface area contributed by atoms with Crippen LogP contribution in [0.4, 0.5) is 5.69 Å². The van der Waals surface area contributed by atoms with Crippen molar-refractivity contribution in [3.63, 3.8) is 0 Å². The van der Waals surface area contributed by atoms with Crippen molar-refractivity contribution in [1.29, 1.82) is 0 Å². The van der Waals surface area contributed by atoms with Crippen LogP contribution in [-0.4, -0.2) is 35.1 Å². The minimum absolute atomic E-state index is 0.0198. The summed E-state index contributed by atoms with van der Waals surface area (Å²) in [6.45, 7) is 0.775. The summed E-state index contributed by atoms with van der Waals surface area (Å²) in [6.07, 6.45) is 5.18. The number of nitrogen functional groups attached to an aromatic ring is 1. The number of rotatable bonds is 3. The minimum atomic E-state index is -0.0385. The molecule has 1 aliphatic rings. The van der Waals surface area contributed by atoms with Crippen molar-refractivity contribution >= 4 is 17.7 Å². The Kier molecular flexibility index (Phi) is 3.99. The largest absolute Gasteiger partial charge is 0.399 e. The zero-order valence-electron chi connectivity index (χ0n) is 10.2. The number of amides is 1. The van der Waals surface area contributed by atoms with E-state index in [1.165, 1.54) is 0 Å². The van der Waals surface area contributed by atoms with Crippen molar-refractivity contribution in [2.75, 3.05) is 18.9 Å². The molecule has 1 saturated heterocycles. The normalized spacial score (nSPS) is 19.6. The van der Waals surface area contributed by atoms with Crippen LogP contribution in [0.25, 0.3) is 6.08 Å². The number of likely N-dealkylation sites (tertiary alicyclic amines) is 1. The van der Waals surface area contributed by atoms with Gasteiger partial charge in [0.1, 0.15) is 0 Å². The second kappa shape index (κ2) is 5.69. The van der Waals surface area contributed by atoms with Crippen LogP contribution < -0.4 is 5.73 Å². The average Bonchev–Trinajstić information content (AvgIpc) is 2.86. The van der Waals surface area contributed by atoms with E-state index in [0.29, 0.717) is 5.69 Å². The van der Waals surface area contributed by atoms with E-state index in [1.807, 2.05) is 12.1 Å². The van der Waals surface area contributed by atoms with Gasteiger partial charge in [-0.1, -0.05) is 12.1 Å². The van der Waals surface area contributed by atoms with Crippen LogP contribution in [0.5, 0.6) is 0 Å². The molecule has 1 aliphatic heterocycles. The van der Waals surface area contributed by atoms with Gasteiger partial charge in [-0.3, -0.25) is 4.79 Å². The highest BCUT2D eigenvalue weighted by Gasteiger charge is 2.26. The van der Waals surface area contributed by atoms with Gasteiger partial charge in [-0.05, 0) is 36.6 Å². The monoisotopic (exact) mass is 246 g/mol. The highest BCUT2D eigenvalue weighted by Crippen LogP contribution is 2.17. The van der Waals surface area contributed by atoms with Crippen molar-refractivity contribution in [2.45, 2.75) is 18.9 Å². The van der Waals surface area contributed by atoms with Gasteiger partial charge in [-0.15, -0.1) is 0 Å². The number of anilines is 1. The van der Waals surface area contributed by atoms with E-state index in [4.69, 9.17) is 10.8 Å². The first-order valence-electron chi connectivity index (χ1n) is 6.16. The molecule has 1 aromatic rings. The lowest BCUT2D eigenvalue weighted by molar-refractivity contribution is -0.127. The minimum Gasteiger partial charge on any atom is -0.399 e. The first-order valence-corrected chi connectivity index (χ1v) is 6.16. The molecule has 1 amide bonds. The van der Waals surface area contributed by atoms with Gasteiger partial charge in [0, 0.05) is 18.3 Å². The summed E-state index contributed by atoms with van der Waals surface area (Å²) < 4.78 is 0. The van der Waals surface area contributed by atoms with Crippen LogP contribution in [-0.2, 0) is 4.79 Å². The SMILES string of the molecule is Nc1ccc(/C=C/C(=O)N2CCC[C@H]2CO)cc1. The lowest BCUT2D eigenvalue weighted by atomic mass is 10.2. The standard InChI is InChI=1S/C14H18N2O2/c15-12-6-3-11(4-7-12)5-8-14(18)16-9-1-2-13(16)10-17/h3-8,13,17H,1-2,9-10,15H2/b8-5+/t13-/m0/s1. The molecule has 1 aromatic carbocycles. The van der Waals surface area contributed by atoms with Crippen molar-refractivity contribution in [3.8, 4) is 0 Å². The maximum atomic E-state index is 12.0. The Hall–Kier alpha value is -1.81. The van der Waals surface area contributed by atoms with E-state index in [9.17, 15) is 4.79 Å². The summed E-state index contributed by atoms with van der Waals surface area (Å²) in [5.74, 6) is -0.0385. The Balaban J connectivity index is 2.00. The maximum Gasteiger partial charge on any atom is 0.246 e. The predicted octanol–water partition coefficient (Wildman–Crippen LogP) is 1.27. The van der Waals surface area contributed by atoms with E-state index >= 15 is 0 Å². The number of nitrogens with zero attached hydrogens (tertiary/aromatic N) is 1. The van der Waals surface area contributed by atoms with Crippen LogP contribution in [0, 0.1) is 0 Å². The fraction of sp³-hybridized carbons (Fsp3) is 0.357. The third kappa shape index (κ3) is 2.90. The van der Waals surface area contributed by atoms with Gasteiger partial charge in [-0.25, -0.2) is 0 Å². The highest BCUT2D eigenvalue weighted by molar-refractivity contribution is 5.92. The third-order valence-corrected chi connectivity index (χ3v) is 3.23. The number of aliphatic hydroxyl groups excluding tert-OH is 1. The number of hydrogen-bond donors (Lipinski definition) is 2. The maximum absolute atomic E-state index is 12.0. The van der Waals surface area contributed by atoms with Crippen molar-refractivity contribution in [1.82, 2.24) is 4.90 Å². The molecule has 1 fully saturated rings. The second-order valence-electron chi connectivity index (χ2n) is 4.51. The molecule has 3 N–H and O–H groups in total. The molecule has 0 aromatic heterocycles. The summed E-state index contributed by atoms with van der Waals surface area (Å²) in [6, 6.07) is 7.32. The van der Waals surface area contributed by atoms with Gasteiger partial charge in [0.25, 0.3) is 0 Å². The quantitative estimate of drug-likeness (QED) is 0.623. The molecule has 0 unspecified atom stereocenters. The summed E-state index contributed by atoms with van der Waals surface area (Å²) in [7, 11) is 0. The first-order chi connectivity index (χ1) is 8.70. The number of hydrogen-bond acceptors (Lipinski definition) is 3. The van der Waals surface area contributed by atoms with Gasteiger partial charge < -0.3 is 15.7 Å². The van der Waals surface area contributed by atoms with Gasteiger partial charge in [0.15, 0.2) is 0 Å². The molecule has 0 bridgehead atoms. The number of aliphatic hydroxyl groups is 1. The molecule has 0 saturated carbocycles. The lowest BCUT2D eigenvalue weighted by Gasteiger charge is -2.21. The summed E-state index contributed by atoms with van der Waals surface area (Å²) in [5.41, 5.74) is 7.24. The molecule has 1 heterocycles. The van der Waals surface area contributed by atoms with E-state index in [1.54, 1.807) is 29.2 Å².